The standard InChI is InChI=1S/C61H84F3N11O7/c1-37(2)53(72-19-15-60(33-72)16-20-73(34-60)57(78)52-51(67-52)39-11-12-39)55(76)66-48-31-69-17-7-9-41(29-69)40-13-14-49-44(25-40)46(27-59(4,5)36-82-58(79)47-10-8-18-75(68-47)56(48)77)54(74(49)35-61(62,63)64)45-26-42(28-65-50(45)38(3)80-6)71-22-21-70-23-24-81-32-43(70)30-71/h9,13-14,25-26,28,37-39,43,47-48,51-53,67-68H,7-8,10-12,15-24,27,29-36H2,1-6H3,(H,66,76)/t38-,43-,47-,48-,51?,52+,53?,60-/m0/s1. The van der Waals surface area contributed by atoms with Gasteiger partial charge in [0.25, 0.3) is 5.91 Å². The second-order valence-corrected chi connectivity index (χ2v) is 26.5. The van der Waals surface area contributed by atoms with Crippen LogP contribution in [0.5, 0.6) is 0 Å². The largest absolute Gasteiger partial charge is 0.464 e. The summed E-state index contributed by atoms with van der Waals surface area (Å²) in [7, 11) is 1.57. The van der Waals surface area contributed by atoms with E-state index in [1.165, 1.54) is 22.4 Å². The number of aromatic nitrogens is 2. The lowest BCUT2D eigenvalue weighted by Gasteiger charge is -2.44. The molecule has 446 valence electrons. The minimum atomic E-state index is -4.60. The maximum absolute atomic E-state index is 15.3. The van der Waals surface area contributed by atoms with E-state index in [1.54, 1.807) is 13.2 Å². The second-order valence-electron chi connectivity index (χ2n) is 26.5. The number of ether oxygens (including phenoxy) is 3. The fraction of sp³-hybridized carbons (Fsp3) is 0.689. The van der Waals surface area contributed by atoms with Crippen LogP contribution < -0.4 is 21.0 Å². The highest BCUT2D eigenvalue weighted by Crippen LogP contribution is 2.46. The number of hydrogen-bond acceptors (Lipinski definition) is 14. The summed E-state index contributed by atoms with van der Waals surface area (Å²) in [5, 5.41) is 8.83. The highest BCUT2D eigenvalue weighted by Gasteiger charge is 2.55. The number of nitrogens with one attached hydrogen (secondary N) is 3. The van der Waals surface area contributed by atoms with E-state index in [0.29, 0.717) is 124 Å². The summed E-state index contributed by atoms with van der Waals surface area (Å²) in [6.07, 6.45) is 4.77. The molecule has 1 aliphatic carbocycles. The van der Waals surface area contributed by atoms with Crippen LogP contribution in [0, 0.1) is 22.7 Å². The van der Waals surface area contributed by atoms with Crippen LogP contribution >= 0.6 is 0 Å². The number of fused-ring (bicyclic) bond motifs is 7. The maximum atomic E-state index is 15.3. The molecule has 6 bridgehead atoms. The first kappa shape index (κ1) is 57.3. The number of amides is 3. The molecule has 9 atom stereocenters. The number of methoxy groups -OCH3 is 1. The SMILES string of the molecule is CO[C@@H](C)c1ncc(N2CCN3CCOC[C@@H]3C2)cc1-c1c2c3cc(ccc3n1CC(F)(F)F)C1=CCCN(C1)C[C@H](NC(=O)C(C(C)C)N1CC[C@]3(CCN(C(=O)[C@@H]4NC4C4CC4)C3)C1)C(=O)N1CCC[C@H](N1)C(=O)OCC(C)(C)C2. The Bertz CT molecular complexity index is 2960. The van der Waals surface area contributed by atoms with Crippen molar-refractivity contribution in [3.05, 3.63) is 53.4 Å². The van der Waals surface area contributed by atoms with Crippen LogP contribution in [0.4, 0.5) is 18.9 Å². The number of pyridine rings is 1. The van der Waals surface area contributed by atoms with Gasteiger partial charge in [-0.3, -0.25) is 49.2 Å². The Balaban J connectivity index is 0.873. The highest BCUT2D eigenvalue weighted by atomic mass is 19.4. The van der Waals surface area contributed by atoms with E-state index in [2.05, 4.69) is 41.7 Å². The van der Waals surface area contributed by atoms with Crippen molar-refractivity contribution in [2.24, 2.45) is 22.7 Å². The fourth-order valence-corrected chi connectivity index (χ4v) is 14.8. The molecule has 82 heavy (non-hydrogen) atoms. The predicted molar refractivity (Wildman–Crippen MR) is 304 cm³/mol. The Morgan fingerprint density at radius 1 is 0.976 bits per heavy atom. The monoisotopic (exact) mass is 1140 g/mol. The van der Waals surface area contributed by atoms with Gasteiger partial charge in [0.15, 0.2) is 0 Å². The third-order valence-corrected chi connectivity index (χ3v) is 19.4. The summed E-state index contributed by atoms with van der Waals surface area (Å²) in [4.78, 5) is 74.1. The molecule has 3 amide bonds. The second kappa shape index (κ2) is 22.7. The fourth-order valence-electron chi connectivity index (χ4n) is 14.8. The topological polar surface area (TPSA) is 179 Å². The van der Waals surface area contributed by atoms with E-state index in [4.69, 9.17) is 19.2 Å². The van der Waals surface area contributed by atoms with Crippen LogP contribution in [0.25, 0.3) is 27.7 Å². The molecule has 7 fully saturated rings. The van der Waals surface area contributed by atoms with E-state index >= 15 is 18.0 Å². The van der Waals surface area contributed by atoms with Crippen molar-refractivity contribution in [3.63, 3.8) is 0 Å². The number of rotatable bonds is 11. The number of hydrogen-bond donors (Lipinski definition) is 3. The summed E-state index contributed by atoms with van der Waals surface area (Å²) < 4.78 is 65.2. The van der Waals surface area contributed by atoms with Gasteiger partial charge < -0.3 is 33.9 Å². The first-order chi connectivity index (χ1) is 39.2. The van der Waals surface area contributed by atoms with Crippen molar-refractivity contribution in [2.75, 3.05) is 110 Å². The smallest absolute Gasteiger partial charge is 0.406 e. The van der Waals surface area contributed by atoms with Crippen LogP contribution in [0.15, 0.2) is 36.5 Å². The number of nitrogens with zero attached hydrogens (tertiary/aromatic N) is 8. The molecule has 1 saturated carbocycles. The molecule has 10 heterocycles. The molecule has 18 nitrogen and oxygen atoms in total. The molecule has 9 aliphatic rings. The number of cyclic esters (lactones) is 1. The number of carbonyl (C=O) groups excluding carboxylic acids is 4. The summed E-state index contributed by atoms with van der Waals surface area (Å²) >= 11 is 0. The van der Waals surface area contributed by atoms with Gasteiger partial charge in [0.1, 0.15) is 24.7 Å². The summed E-state index contributed by atoms with van der Waals surface area (Å²) in [6.45, 7) is 17.2. The zero-order chi connectivity index (χ0) is 57.4. The normalized spacial score (nSPS) is 30.1. The summed E-state index contributed by atoms with van der Waals surface area (Å²) in [6, 6.07) is 5.74. The number of alkyl halides is 3. The first-order valence-electron chi connectivity index (χ1n) is 30.3. The van der Waals surface area contributed by atoms with Gasteiger partial charge in [-0.15, -0.1) is 0 Å². The predicted octanol–water partition coefficient (Wildman–Crippen LogP) is 5.39. The average Bonchev–Trinajstić information content (AvgIpc) is 4.56. The van der Waals surface area contributed by atoms with E-state index in [9.17, 15) is 14.4 Å². The number of morpholine rings is 1. The molecule has 6 saturated heterocycles. The Kier molecular flexibility index (Phi) is 15.8. The van der Waals surface area contributed by atoms with Crippen LogP contribution in [0.3, 0.4) is 0 Å². The molecule has 8 aliphatic heterocycles. The van der Waals surface area contributed by atoms with Crippen LogP contribution in [-0.2, 0) is 46.4 Å². The highest BCUT2D eigenvalue weighted by molar-refractivity contribution is 5.95. The number of piperazine rings is 1. The molecule has 21 heteroatoms. The maximum Gasteiger partial charge on any atom is 0.406 e. The minimum absolute atomic E-state index is 0.0590. The Morgan fingerprint density at radius 2 is 1.79 bits per heavy atom. The Hall–Kier alpha value is -5.16. The van der Waals surface area contributed by atoms with E-state index < -0.39 is 48.3 Å². The third kappa shape index (κ3) is 11.8. The number of anilines is 1. The molecule has 3 aromatic rings. The van der Waals surface area contributed by atoms with E-state index in [-0.39, 0.29) is 60.7 Å². The lowest BCUT2D eigenvalue weighted by Crippen LogP contribution is -2.63. The first-order valence-corrected chi connectivity index (χ1v) is 30.3. The van der Waals surface area contributed by atoms with Crippen LogP contribution in [0.1, 0.15) is 102 Å². The molecule has 0 radical (unpaired) electrons. The van der Waals surface area contributed by atoms with Crippen molar-refractivity contribution < 1.29 is 46.6 Å². The molecular weight excluding hydrogens is 1060 g/mol. The van der Waals surface area contributed by atoms with E-state index in [1.807, 2.05) is 63.9 Å². The van der Waals surface area contributed by atoms with Crippen LogP contribution in [0.2, 0.25) is 0 Å². The quantitative estimate of drug-likeness (QED) is 0.165. The van der Waals surface area contributed by atoms with E-state index in [0.717, 1.165) is 55.8 Å². The number of carbonyl (C=O) groups is 4. The molecule has 3 N–H and O–H groups in total. The van der Waals surface area contributed by atoms with Gasteiger partial charge in [0, 0.05) is 112 Å². The Labute approximate surface area is 479 Å². The zero-order valence-electron chi connectivity index (χ0n) is 48.7. The van der Waals surface area contributed by atoms with Gasteiger partial charge in [0.2, 0.25) is 11.8 Å². The average molecular weight is 1140 g/mol. The number of hydrazine groups is 1. The van der Waals surface area contributed by atoms with Crippen molar-refractivity contribution >= 4 is 45.9 Å². The van der Waals surface area contributed by atoms with Crippen LogP contribution in [-0.4, -0.2) is 206 Å². The van der Waals surface area contributed by atoms with Gasteiger partial charge in [-0.25, -0.2) is 5.43 Å². The van der Waals surface area contributed by atoms with Crippen molar-refractivity contribution in [2.45, 2.75) is 141 Å². The van der Waals surface area contributed by atoms with Gasteiger partial charge in [-0.2, -0.15) is 13.2 Å². The molecule has 12 rings (SSSR count). The lowest BCUT2D eigenvalue weighted by molar-refractivity contribution is -0.155. The number of esters is 1. The molecular formula is C61H84F3N11O7. The number of halogens is 3. The van der Waals surface area contributed by atoms with Gasteiger partial charge in [0.05, 0.1) is 61.3 Å². The third-order valence-electron chi connectivity index (χ3n) is 19.4. The summed E-state index contributed by atoms with van der Waals surface area (Å²) in [5.74, 6) is -0.376. The Morgan fingerprint density at radius 3 is 2.57 bits per heavy atom. The number of benzene rings is 1. The van der Waals surface area contributed by atoms with Crippen molar-refractivity contribution in [3.8, 4) is 11.3 Å². The van der Waals surface area contributed by atoms with Gasteiger partial charge in [-0.1, -0.05) is 39.8 Å². The zero-order valence-corrected chi connectivity index (χ0v) is 48.7. The minimum Gasteiger partial charge on any atom is -0.464 e. The molecule has 1 aromatic carbocycles. The molecule has 1 spiro atoms. The number of likely N-dealkylation sites (tertiary alicyclic amines) is 2. The van der Waals surface area contributed by atoms with Crippen molar-refractivity contribution in [1.82, 2.24) is 50.2 Å². The lowest BCUT2D eigenvalue weighted by atomic mass is 9.84. The summed E-state index contributed by atoms with van der Waals surface area (Å²) in [5.41, 5.74) is 7.44. The van der Waals surface area contributed by atoms with Gasteiger partial charge in [-0.05, 0) is 112 Å². The van der Waals surface area contributed by atoms with Crippen molar-refractivity contribution in [1.29, 1.82) is 0 Å². The molecule has 2 aromatic heterocycles. The molecule has 3 unspecified atom stereocenters. The van der Waals surface area contributed by atoms with Gasteiger partial charge >= 0.3 is 12.1 Å².